The average Bonchev–Trinajstić information content (AvgIpc) is 3.02. The van der Waals surface area contributed by atoms with Crippen LogP contribution in [0, 0.1) is 13.8 Å². The number of nitrogens with one attached hydrogen (secondary N) is 1. The second kappa shape index (κ2) is 7.40. The Morgan fingerprint density at radius 1 is 1.18 bits per heavy atom. The van der Waals surface area contributed by atoms with Crippen LogP contribution in [0.1, 0.15) is 27.3 Å². The molecule has 0 aliphatic rings. The predicted octanol–water partition coefficient (Wildman–Crippen LogP) is 4.02. The fraction of sp³-hybridized carbons (Fsp3) is 0.143. The van der Waals surface area contributed by atoms with Gasteiger partial charge in [0.1, 0.15) is 0 Å². The molecule has 1 amide bonds. The Kier molecular flexibility index (Phi) is 4.79. The third-order valence-corrected chi connectivity index (χ3v) is 4.76. The van der Waals surface area contributed by atoms with E-state index in [1.165, 1.54) is 0 Å². The fourth-order valence-electron chi connectivity index (χ4n) is 3.16. The molecule has 140 valence electrons. The minimum absolute atomic E-state index is 0.179. The highest BCUT2D eigenvalue weighted by Gasteiger charge is 2.20. The zero-order valence-electron chi connectivity index (χ0n) is 15.5. The number of fused-ring (bicyclic) bond motifs is 1. The van der Waals surface area contributed by atoms with Gasteiger partial charge in [-0.1, -0.05) is 29.8 Å². The number of hydrogen-bond acceptors (Lipinski definition) is 4. The third kappa shape index (κ3) is 3.34. The maximum absolute atomic E-state index is 12.9. The lowest BCUT2D eigenvalue weighted by atomic mass is 10.1. The summed E-state index contributed by atoms with van der Waals surface area (Å²) in [6.07, 6.45) is 3.43. The van der Waals surface area contributed by atoms with Gasteiger partial charge in [-0.2, -0.15) is 5.10 Å². The SMILES string of the molecule is Cc1cc(C(=O)NCc2cccnc2)c2c(C)nn(-c3ccccc3Cl)c2n1. The highest BCUT2D eigenvalue weighted by Crippen LogP contribution is 2.27. The van der Waals surface area contributed by atoms with E-state index in [1.54, 1.807) is 29.2 Å². The van der Waals surface area contributed by atoms with Crippen LogP contribution in [-0.2, 0) is 6.54 Å². The molecule has 1 N–H and O–H groups in total. The van der Waals surface area contributed by atoms with E-state index in [0.717, 1.165) is 16.9 Å². The van der Waals surface area contributed by atoms with Crippen LogP contribution in [0.2, 0.25) is 5.02 Å². The van der Waals surface area contributed by atoms with E-state index < -0.39 is 0 Å². The molecule has 0 saturated heterocycles. The van der Waals surface area contributed by atoms with Crippen LogP contribution in [0.25, 0.3) is 16.7 Å². The van der Waals surface area contributed by atoms with Crippen molar-refractivity contribution in [3.8, 4) is 5.69 Å². The number of carbonyl (C=O) groups is 1. The summed E-state index contributed by atoms with van der Waals surface area (Å²) in [6.45, 7) is 4.12. The first-order valence-corrected chi connectivity index (χ1v) is 9.21. The molecular weight excluding hydrogens is 374 g/mol. The largest absolute Gasteiger partial charge is 0.348 e. The van der Waals surface area contributed by atoms with E-state index in [-0.39, 0.29) is 5.91 Å². The Morgan fingerprint density at radius 2 is 2.00 bits per heavy atom. The molecule has 0 bridgehead atoms. The monoisotopic (exact) mass is 391 g/mol. The summed E-state index contributed by atoms with van der Waals surface area (Å²) >= 11 is 6.35. The maximum atomic E-state index is 12.9. The van der Waals surface area contributed by atoms with Crippen molar-refractivity contribution in [3.05, 3.63) is 82.4 Å². The lowest BCUT2D eigenvalue weighted by Gasteiger charge is -2.09. The van der Waals surface area contributed by atoms with Gasteiger partial charge in [0.25, 0.3) is 5.91 Å². The van der Waals surface area contributed by atoms with Gasteiger partial charge in [-0.25, -0.2) is 9.67 Å². The van der Waals surface area contributed by atoms with Crippen molar-refractivity contribution in [3.63, 3.8) is 0 Å². The number of aromatic nitrogens is 4. The first-order valence-electron chi connectivity index (χ1n) is 8.83. The number of rotatable bonds is 4. The van der Waals surface area contributed by atoms with Gasteiger partial charge in [0.15, 0.2) is 5.65 Å². The van der Waals surface area contributed by atoms with Crippen molar-refractivity contribution in [2.75, 3.05) is 0 Å². The van der Waals surface area contributed by atoms with E-state index in [9.17, 15) is 4.79 Å². The first-order chi connectivity index (χ1) is 13.5. The van der Waals surface area contributed by atoms with Crippen molar-refractivity contribution >= 4 is 28.5 Å². The molecule has 0 saturated carbocycles. The van der Waals surface area contributed by atoms with Gasteiger partial charge in [0.2, 0.25) is 0 Å². The Hall–Kier alpha value is -3.25. The van der Waals surface area contributed by atoms with Crippen LogP contribution in [-0.4, -0.2) is 25.7 Å². The molecular formula is C21H18ClN5O. The Bertz CT molecular complexity index is 1170. The lowest BCUT2D eigenvalue weighted by molar-refractivity contribution is 0.0952. The second-order valence-electron chi connectivity index (χ2n) is 6.50. The smallest absolute Gasteiger partial charge is 0.252 e. The zero-order valence-corrected chi connectivity index (χ0v) is 16.2. The zero-order chi connectivity index (χ0) is 19.7. The van der Waals surface area contributed by atoms with Crippen LogP contribution in [0.4, 0.5) is 0 Å². The highest BCUT2D eigenvalue weighted by atomic mass is 35.5. The van der Waals surface area contributed by atoms with Gasteiger partial charge in [-0.05, 0) is 43.7 Å². The Labute approximate surface area is 167 Å². The lowest BCUT2D eigenvalue weighted by Crippen LogP contribution is -2.23. The van der Waals surface area contributed by atoms with Crippen molar-refractivity contribution in [2.45, 2.75) is 20.4 Å². The molecule has 0 radical (unpaired) electrons. The number of para-hydroxylation sites is 1. The molecule has 0 atom stereocenters. The van der Waals surface area contributed by atoms with Gasteiger partial charge in [0.05, 0.1) is 27.4 Å². The molecule has 4 rings (SSSR count). The second-order valence-corrected chi connectivity index (χ2v) is 6.91. The summed E-state index contributed by atoms with van der Waals surface area (Å²) in [7, 11) is 0. The van der Waals surface area contributed by atoms with E-state index in [0.29, 0.717) is 33.9 Å². The quantitative estimate of drug-likeness (QED) is 0.570. The van der Waals surface area contributed by atoms with Crippen molar-refractivity contribution < 1.29 is 4.79 Å². The van der Waals surface area contributed by atoms with Crippen LogP contribution in [0.5, 0.6) is 0 Å². The van der Waals surface area contributed by atoms with Crippen LogP contribution >= 0.6 is 11.6 Å². The molecule has 0 unspecified atom stereocenters. The molecule has 4 aromatic rings. The molecule has 28 heavy (non-hydrogen) atoms. The van der Waals surface area contributed by atoms with Crippen LogP contribution in [0.15, 0.2) is 54.9 Å². The summed E-state index contributed by atoms with van der Waals surface area (Å²) in [5.41, 5.74) is 4.25. The summed E-state index contributed by atoms with van der Waals surface area (Å²) in [5, 5.41) is 8.84. The van der Waals surface area contributed by atoms with E-state index in [2.05, 4.69) is 20.4 Å². The number of benzene rings is 1. The standard InChI is InChI=1S/C21H18ClN5O/c1-13-10-16(21(28)24-12-15-6-5-9-23-11-15)19-14(2)26-27(20(19)25-13)18-8-4-3-7-17(18)22/h3-11H,12H2,1-2H3,(H,24,28). The summed E-state index contributed by atoms with van der Waals surface area (Å²) < 4.78 is 1.69. The normalized spacial score (nSPS) is 11.0. The van der Waals surface area contributed by atoms with Gasteiger partial charge >= 0.3 is 0 Å². The van der Waals surface area contributed by atoms with Gasteiger partial charge < -0.3 is 5.32 Å². The number of hydrogen-bond donors (Lipinski definition) is 1. The van der Waals surface area contributed by atoms with Crippen molar-refractivity contribution in [2.24, 2.45) is 0 Å². The molecule has 3 aromatic heterocycles. The fourth-order valence-corrected chi connectivity index (χ4v) is 3.38. The maximum Gasteiger partial charge on any atom is 0.252 e. The van der Waals surface area contributed by atoms with Gasteiger partial charge in [0, 0.05) is 24.6 Å². The van der Waals surface area contributed by atoms with Crippen LogP contribution < -0.4 is 5.32 Å². The summed E-state index contributed by atoms with van der Waals surface area (Å²) in [4.78, 5) is 21.6. The van der Waals surface area contributed by atoms with Crippen molar-refractivity contribution in [1.82, 2.24) is 25.1 Å². The topological polar surface area (TPSA) is 72.7 Å². The predicted molar refractivity (Wildman–Crippen MR) is 109 cm³/mol. The first kappa shape index (κ1) is 18.1. The average molecular weight is 392 g/mol. The highest BCUT2D eigenvalue weighted by molar-refractivity contribution is 6.32. The number of halogens is 1. The molecule has 0 spiro atoms. The molecule has 0 aliphatic heterocycles. The summed E-state index contributed by atoms with van der Waals surface area (Å²) in [6, 6.07) is 13.0. The number of pyridine rings is 2. The van der Waals surface area contributed by atoms with Gasteiger partial charge in [-0.3, -0.25) is 9.78 Å². The molecule has 7 heteroatoms. The van der Waals surface area contributed by atoms with E-state index >= 15 is 0 Å². The molecule has 0 fully saturated rings. The van der Waals surface area contributed by atoms with E-state index in [1.807, 2.05) is 44.2 Å². The van der Waals surface area contributed by atoms with Crippen molar-refractivity contribution in [1.29, 1.82) is 0 Å². The Morgan fingerprint density at radius 3 is 2.75 bits per heavy atom. The van der Waals surface area contributed by atoms with Gasteiger partial charge in [-0.15, -0.1) is 0 Å². The molecule has 3 heterocycles. The van der Waals surface area contributed by atoms with E-state index in [4.69, 9.17) is 11.6 Å². The number of carbonyl (C=O) groups excluding carboxylic acids is 1. The minimum Gasteiger partial charge on any atom is -0.348 e. The molecule has 0 aliphatic carbocycles. The molecule has 1 aromatic carbocycles. The van der Waals surface area contributed by atoms with Crippen LogP contribution in [0.3, 0.4) is 0 Å². The number of nitrogens with zero attached hydrogens (tertiary/aromatic N) is 4. The minimum atomic E-state index is -0.179. The number of amides is 1. The Balaban J connectivity index is 1.77. The molecule has 6 nitrogen and oxygen atoms in total. The summed E-state index contributed by atoms with van der Waals surface area (Å²) in [5.74, 6) is -0.179. The number of aryl methyl sites for hydroxylation is 2. The third-order valence-electron chi connectivity index (χ3n) is 4.44.